The number of hydrogen-bond donors (Lipinski definition) is 2. The molecule has 1 amide bonds. The molecule has 0 aliphatic carbocycles. The number of para-hydroxylation sites is 1. The van der Waals surface area contributed by atoms with Gasteiger partial charge in [0.15, 0.2) is 0 Å². The Kier molecular flexibility index (Phi) is 4.14. The first-order valence-electron chi connectivity index (χ1n) is 7.04. The fraction of sp³-hybridized carbons (Fsp3) is 0.438. The van der Waals surface area contributed by atoms with Crippen molar-refractivity contribution in [2.75, 3.05) is 0 Å². The Labute approximate surface area is 120 Å². The molecule has 20 heavy (non-hydrogen) atoms. The summed E-state index contributed by atoms with van der Waals surface area (Å²) in [5.41, 5.74) is 7.73. The second-order valence-electron chi connectivity index (χ2n) is 5.79. The van der Waals surface area contributed by atoms with Crippen LogP contribution >= 0.6 is 0 Å². The van der Waals surface area contributed by atoms with Crippen LogP contribution in [0.1, 0.15) is 32.8 Å². The fourth-order valence-electron chi connectivity index (χ4n) is 2.28. The summed E-state index contributed by atoms with van der Waals surface area (Å²) in [5.74, 6) is 0.0289. The van der Waals surface area contributed by atoms with E-state index in [1.54, 1.807) is 0 Å². The Hall–Kier alpha value is -1.81. The zero-order valence-electron chi connectivity index (χ0n) is 12.4. The van der Waals surface area contributed by atoms with Crippen LogP contribution in [0.2, 0.25) is 0 Å². The lowest BCUT2D eigenvalue weighted by Gasteiger charge is -2.24. The minimum atomic E-state index is -0.170. The first kappa shape index (κ1) is 14.6. The molecule has 0 atom stereocenters. The number of nitrogens with two attached hydrogens (primary N) is 1. The average molecular weight is 273 g/mol. The van der Waals surface area contributed by atoms with E-state index < -0.39 is 0 Å². The molecule has 0 aliphatic heterocycles. The highest BCUT2D eigenvalue weighted by molar-refractivity contribution is 5.86. The number of amides is 1. The molecule has 3 N–H and O–H groups in total. The molecule has 108 valence electrons. The molecule has 4 heteroatoms. The van der Waals surface area contributed by atoms with Crippen molar-refractivity contribution in [3.63, 3.8) is 0 Å². The highest BCUT2D eigenvalue weighted by Gasteiger charge is 2.18. The Balaban J connectivity index is 2.24. The predicted octanol–water partition coefficient (Wildman–Crippen LogP) is 2.40. The highest BCUT2D eigenvalue weighted by Crippen LogP contribution is 2.21. The standard InChI is InChI=1S/C16H23N3O/c1-4-16(2,3)18-15(20)11-19-10-12(9-17)13-7-5-6-8-14(13)19/h5-8,10H,4,9,11,17H2,1-3H3,(H,18,20). The number of nitrogens with zero attached hydrogens (tertiary/aromatic N) is 1. The molecule has 4 nitrogen and oxygen atoms in total. The lowest BCUT2D eigenvalue weighted by molar-refractivity contribution is -0.123. The van der Waals surface area contributed by atoms with Crippen molar-refractivity contribution < 1.29 is 4.79 Å². The molecule has 0 bridgehead atoms. The zero-order chi connectivity index (χ0) is 14.8. The molecule has 0 aliphatic rings. The summed E-state index contributed by atoms with van der Waals surface area (Å²) in [6.45, 7) is 6.94. The number of carbonyl (C=O) groups is 1. The smallest absolute Gasteiger partial charge is 0.240 e. The summed E-state index contributed by atoms with van der Waals surface area (Å²) in [6.07, 6.45) is 2.88. The molecule has 1 aromatic carbocycles. The van der Waals surface area contributed by atoms with E-state index >= 15 is 0 Å². The maximum atomic E-state index is 12.2. The quantitative estimate of drug-likeness (QED) is 0.879. The van der Waals surface area contributed by atoms with Crippen LogP contribution in [0.4, 0.5) is 0 Å². The molecule has 0 fully saturated rings. The van der Waals surface area contributed by atoms with Gasteiger partial charge in [-0.05, 0) is 31.9 Å². The number of aromatic nitrogens is 1. The zero-order valence-corrected chi connectivity index (χ0v) is 12.4. The van der Waals surface area contributed by atoms with Gasteiger partial charge < -0.3 is 15.6 Å². The number of benzene rings is 1. The average Bonchev–Trinajstić information content (AvgIpc) is 2.76. The van der Waals surface area contributed by atoms with E-state index in [9.17, 15) is 4.79 Å². The lowest BCUT2D eigenvalue weighted by Crippen LogP contribution is -2.44. The first-order valence-corrected chi connectivity index (χ1v) is 7.04. The molecule has 2 rings (SSSR count). The Morgan fingerprint density at radius 2 is 2.05 bits per heavy atom. The van der Waals surface area contributed by atoms with Crippen LogP contribution in [0, 0.1) is 0 Å². The third kappa shape index (κ3) is 3.02. The van der Waals surface area contributed by atoms with Crippen LogP contribution in [-0.2, 0) is 17.9 Å². The summed E-state index contributed by atoms with van der Waals surface area (Å²) in [6, 6.07) is 8.04. The fourth-order valence-corrected chi connectivity index (χ4v) is 2.28. The SMILES string of the molecule is CCC(C)(C)NC(=O)Cn1cc(CN)c2ccccc21. The van der Waals surface area contributed by atoms with Crippen molar-refractivity contribution in [2.45, 2.75) is 45.8 Å². The summed E-state index contributed by atoms with van der Waals surface area (Å²) in [7, 11) is 0. The van der Waals surface area contributed by atoms with Gasteiger partial charge in [0, 0.05) is 29.2 Å². The second-order valence-corrected chi connectivity index (χ2v) is 5.79. The monoisotopic (exact) mass is 273 g/mol. The van der Waals surface area contributed by atoms with E-state index in [4.69, 9.17) is 5.73 Å². The van der Waals surface area contributed by atoms with Crippen LogP contribution in [0.25, 0.3) is 10.9 Å². The summed E-state index contributed by atoms with van der Waals surface area (Å²) < 4.78 is 1.97. The van der Waals surface area contributed by atoms with Gasteiger partial charge >= 0.3 is 0 Å². The van der Waals surface area contributed by atoms with Gasteiger partial charge in [-0.3, -0.25) is 4.79 Å². The normalized spacial score (nSPS) is 11.8. The molecule has 0 radical (unpaired) electrons. The van der Waals surface area contributed by atoms with E-state index in [0.29, 0.717) is 13.1 Å². The molecule has 1 aromatic heterocycles. The van der Waals surface area contributed by atoms with Crippen LogP contribution in [0.5, 0.6) is 0 Å². The van der Waals surface area contributed by atoms with E-state index in [-0.39, 0.29) is 11.4 Å². The second kappa shape index (κ2) is 5.67. The van der Waals surface area contributed by atoms with E-state index in [0.717, 1.165) is 22.9 Å². The van der Waals surface area contributed by atoms with Crippen LogP contribution in [-0.4, -0.2) is 16.0 Å². The minimum Gasteiger partial charge on any atom is -0.350 e. The summed E-state index contributed by atoms with van der Waals surface area (Å²) >= 11 is 0. The molecule has 0 unspecified atom stereocenters. The van der Waals surface area contributed by atoms with E-state index in [2.05, 4.69) is 12.2 Å². The van der Waals surface area contributed by atoms with Crippen molar-refractivity contribution in [1.82, 2.24) is 9.88 Å². The lowest BCUT2D eigenvalue weighted by atomic mass is 10.0. The van der Waals surface area contributed by atoms with Crippen molar-refractivity contribution in [2.24, 2.45) is 5.73 Å². The molecular weight excluding hydrogens is 250 g/mol. The molecular formula is C16H23N3O. The van der Waals surface area contributed by atoms with Crippen molar-refractivity contribution in [3.8, 4) is 0 Å². The van der Waals surface area contributed by atoms with Gasteiger partial charge in [0.25, 0.3) is 0 Å². The molecule has 0 saturated heterocycles. The molecule has 1 heterocycles. The number of rotatable bonds is 5. The van der Waals surface area contributed by atoms with Gasteiger partial charge in [0.05, 0.1) is 0 Å². The minimum absolute atomic E-state index is 0.0289. The van der Waals surface area contributed by atoms with Crippen LogP contribution in [0.15, 0.2) is 30.5 Å². The third-order valence-corrected chi connectivity index (χ3v) is 3.77. The Bertz CT molecular complexity index is 613. The van der Waals surface area contributed by atoms with Gasteiger partial charge in [-0.1, -0.05) is 25.1 Å². The first-order chi connectivity index (χ1) is 9.46. The van der Waals surface area contributed by atoms with Gasteiger partial charge in [0.2, 0.25) is 5.91 Å². The number of hydrogen-bond acceptors (Lipinski definition) is 2. The molecule has 0 spiro atoms. The van der Waals surface area contributed by atoms with Gasteiger partial charge in [0.1, 0.15) is 6.54 Å². The Morgan fingerprint density at radius 1 is 1.35 bits per heavy atom. The van der Waals surface area contributed by atoms with Crippen molar-refractivity contribution in [1.29, 1.82) is 0 Å². The molecule has 2 aromatic rings. The van der Waals surface area contributed by atoms with Gasteiger partial charge in [-0.15, -0.1) is 0 Å². The summed E-state index contributed by atoms with van der Waals surface area (Å²) in [4.78, 5) is 12.2. The van der Waals surface area contributed by atoms with Crippen LogP contribution < -0.4 is 11.1 Å². The van der Waals surface area contributed by atoms with Crippen molar-refractivity contribution in [3.05, 3.63) is 36.0 Å². The maximum Gasteiger partial charge on any atom is 0.240 e. The highest BCUT2D eigenvalue weighted by atomic mass is 16.2. The topological polar surface area (TPSA) is 60.0 Å². The summed E-state index contributed by atoms with van der Waals surface area (Å²) in [5, 5.41) is 4.18. The van der Waals surface area contributed by atoms with Crippen molar-refractivity contribution >= 4 is 16.8 Å². The maximum absolute atomic E-state index is 12.2. The van der Waals surface area contributed by atoms with E-state index in [1.807, 2.05) is 48.9 Å². The molecule has 0 saturated carbocycles. The Morgan fingerprint density at radius 3 is 2.70 bits per heavy atom. The largest absolute Gasteiger partial charge is 0.350 e. The van der Waals surface area contributed by atoms with Gasteiger partial charge in [-0.2, -0.15) is 0 Å². The van der Waals surface area contributed by atoms with E-state index in [1.165, 1.54) is 0 Å². The number of nitrogens with one attached hydrogen (secondary N) is 1. The predicted molar refractivity (Wildman–Crippen MR) is 82.3 cm³/mol. The third-order valence-electron chi connectivity index (χ3n) is 3.77. The van der Waals surface area contributed by atoms with Gasteiger partial charge in [-0.25, -0.2) is 0 Å². The number of fused-ring (bicyclic) bond motifs is 1. The number of carbonyl (C=O) groups excluding carboxylic acids is 1. The van der Waals surface area contributed by atoms with Crippen LogP contribution in [0.3, 0.4) is 0 Å².